The maximum absolute atomic E-state index is 11.9. The van der Waals surface area contributed by atoms with Crippen LogP contribution in [0.4, 0.5) is 0 Å². The van der Waals surface area contributed by atoms with Crippen LogP contribution in [0.25, 0.3) is 0 Å². The van der Waals surface area contributed by atoms with Crippen LogP contribution >= 0.6 is 11.8 Å². The number of benzene rings is 1. The number of hydrogen-bond acceptors (Lipinski definition) is 7. The number of nitrogens with one attached hydrogen (secondary N) is 1. The molecule has 0 spiro atoms. The van der Waals surface area contributed by atoms with Crippen LogP contribution in [-0.4, -0.2) is 66.1 Å². The Morgan fingerprint density at radius 2 is 1.89 bits per heavy atom. The van der Waals surface area contributed by atoms with Crippen LogP contribution in [-0.2, 0) is 27.3 Å². The lowest BCUT2D eigenvalue weighted by molar-refractivity contribution is -0.142. The van der Waals surface area contributed by atoms with E-state index < -0.39 is 0 Å². The molecule has 0 aliphatic carbocycles. The van der Waals surface area contributed by atoms with E-state index in [1.165, 1.54) is 36.6 Å². The van der Waals surface area contributed by atoms with Gasteiger partial charge in [0, 0.05) is 31.1 Å². The van der Waals surface area contributed by atoms with Crippen molar-refractivity contribution in [2.45, 2.75) is 32.2 Å². The first-order valence-corrected chi connectivity index (χ1v) is 13.3. The Kier molecular flexibility index (Phi) is 12.2. The van der Waals surface area contributed by atoms with Gasteiger partial charge in [-0.15, -0.1) is 11.8 Å². The summed E-state index contributed by atoms with van der Waals surface area (Å²) in [5, 5.41) is 2.84. The summed E-state index contributed by atoms with van der Waals surface area (Å²) in [6, 6.07) is 13.5. The number of pyridine rings is 1. The van der Waals surface area contributed by atoms with Gasteiger partial charge in [-0.1, -0.05) is 42.8 Å². The molecular formula is C27H35N3O4S. The van der Waals surface area contributed by atoms with Crippen LogP contribution in [0.2, 0.25) is 0 Å². The van der Waals surface area contributed by atoms with Gasteiger partial charge in [-0.05, 0) is 49.2 Å². The van der Waals surface area contributed by atoms with E-state index in [4.69, 9.17) is 9.47 Å². The molecule has 1 N–H and O–H groups in total. The van der Waals surface area contributed by atoms with Gasteiger partial charge in [-0.25, -0.2) is 4.98 Å². The molecule has 7 nitrogen and oxygen atoms in total. The standard InChI is InChI=1S/C27H35N3O4S/c31-25(22-35-18-17-34-27(32)20-23-9-3-1-4-10-23)28-12-5-8-16-33-26-19-24(11-13-29-26)21-30-14-6-2-7-15-30/h1,3-5,8-11,13,19H,2,6-7,12,14-18,20-22H2,(H,28,31). The van der Waals surface area contributed by atoms with E-state index in [1.54, 1.807) is 6.20 Å². The summed E-state index contributed by atoms with van der Waals surface area (Å²) in [5.41, 5.74) is 2.15. The zero-order chi connectivity index (χ0) is 24.6. The van der Waals surface area contributed by atoms with Crippen molar-refractivity contribution in [2.24, 2.45) is 0 Å². The van der Waals surface area contributed by atoms with Crippen LogP contribution in [0.5, 0.6) is 5.88 Å². The summed E-state index contributed by atoms with van der Waals surface area (Å²) in [6.07, 6.45) is 9.68. The second-order valence-corrected chi connectivity index (χ2v) is 9.47. The fraction of sp³-hybridized carbons (Fsp3) is 0.444. The first kappa shape index (κ1) is 26.8. The summed E-state index contributed by atoms with van der Waals surface area (Å²) >= 11 is 1.44. The van der Waals surface area contributed by atoms with E-state index >= 15 is 0 Å². The molecule has 2 heterocycles. The quantitative estimate of drug-likeness (QED) is 0.242. The van der Waals surface area contributed by atoms with Gasteiger partial charge in [0.2, 0.25) is 11.8 Å². The Labute approximate surface area is 212 Å². The highest BCUT2D eigenvalue weighted by molar-refractivity contribution is 7.99. The first-order chi connectivity index (χ1) is 17.2. The highest BCUT2D eigenvalue weighted by Gasteiger charge is 2.11. The molecule has 1 aromatic carbocycles. The minimum absolute atomic E-state index is 0.0525. The molecule has 0 atom stereocenters. The van der Waals surface area contributed by atoms with Gasteiger partial charge >= 0.3 is 5.97 Å². The van der Waals surface area contributed by atoms with Gasteiger partial charge in [0.1, 0.15) is 13.2 Å². The van der Waals surface area contributed by atoms with Gasteiger partial charge < -0.3 is 14.8 Å². The molecule has 0 saturated carbocycles. The highest BCUT2D eigenvalue weighted by Crippen LogP contribution is 2.15. The van der Waals surface area contributed by atoms with Crippen LogP contribution < -0.4 is 10.1 Å². The summed E-state index contributed by atoms with van der Waals surface area (Å²) in [6.45, 7) is 4.40. The number of ether oxygens (including phenoxy) is 2. The molecule has 1 aliphatic rings. The van der Waals surface area contributed by atoms with E-state index in [1.807, 2.05) is 54.6 Å². The second-order valence-electron chi connectivity index (χ2n) is 8.36. The van der Waals surface area contributed by atoms with E-state index in [0.717, 1.165) is 25.2 Å². The zero-order valence-corrected chi connectivity index (χ0v) is 21.0. The van der Waals surface area contributed by atoms with E-state index in [0.29, 0.717) is 37.1 Å². The minimum Gasteiger partial charge on any atom is -0.473 e. The third-order valence-corrected chi connectivity index (χ3v) is 6.40. The Hall–Kier alpha value is -2.84. The maximum Gasteiger partial charge on any atom is 0.310 e. The zero-order valence-electron chi connectivity index (χ0n) is 20.2. The molecule has 1 saturated heterocycles. The van der Waals surface area contributed by atoms with Crippen LogP contribution in [0, 0.1) is 0 Å². The molecule has 0 unspecified atom stereocenters. The molecule has 1 amide bonds. The lowest BCUT2D eigenvalue weighted by Crippen LogP contribution is -2.29. The second kappa shape index (κ2) is 15.9. The number of carbonyl (C=O) groups excluding carboxylic acids is 2. The Balaban J connectivity index is 1.19. The number of hydrogen-bond donors (Lipinski definition) is 1. The molecule has 0 radical (unpaired) electrons. The molecule has 3 rings (SSSR count). The summed E-state index contributed by atoms with van der Waals surface area (Å²) < 4.78 is 10.9. The van der Waals surface area contributed by atoms with Gasteiger partial charge in [0.15, 0.2) is 0 Å². The molecular weight excluding hydrogens is 462 g/mol. The number of piperidine rings is 1. The van der Waals surface area contributed by atoms with Crippen molar-refractivity contribution in [3.05, 3.63) is 71.9 Å². The Morgan fingerprint density at radius 3 is 2.71 bits per heavy atom. The monoisotopic (exact) mass is 497 g/mol. The van der Waals surface area contributed by atoms with Gasteiger partial charge in [-0.3, -0.25) is 14.5 Å². The molecule has 35 heavy (non-hydrogen) atoms. The van der Waals surface area contributed by atoms with Gasteiger partial charge in [0.25, 0.3) is 0 Å². The molecule has 1 aliphatic heterocycles. The number of nitrogens with zero attached hydrogens (tertiary/aromatic N) is 2. The predicted octanol–water partition coefficient (Wildman–Crippen LogP) is 3.64. The summed E-state index contributed by atoms with van der Waals surface area (Å²) in [5.74, 6) is 1.23. The lowest BCUT2D eigenvalue weighted by atomic mass is 10.1. The Morgan fingerprint density at radius 1 is 1.06 bits per heavy atom. The number of esters is 1. The molecule has 8 heteroatoms. The minimum atomic E-state index is -0.252. The van der Waals surface area contributed by atoms with E-state index in [9.17, 15) is 9.59 Å². The number of amides is 1. The number of thioether (sulfide) groups is 1. The van der Waals surface area contributed by atoms with Crippen molar-refractivity contribution in [3.63, 3.8) is 0 Å². The van der Waals surface area contributed by atoms with Crippen molar-refractivity contribution >= 4 is 23.6 Å². The van der Waals surface area contributed by atoms with Crippen molar-refractivity contribution in [2.75, 3.05) is 44.4 Å². The van der Waals surface area contributed by atoms with Crippen LogP contribution in [0.15, 0.2) is 60.8 Å². The first-order valence-electron chi connectivity index (χ1n) is 12.2. The van der Waals surface area contributed by atoms with Crippen molar-refractivity contribution < 1.29 is 19.1 Å². The summed E-state index contributed by atoms with van der Waals surface area (Å²) in [4.78, 5) is 30.5. The predicted molar refractivity (Wildman–Crippen MR) is 139 cm³/mol. The molecule has 188 valence electrons. The molecule has 1 aromatic heterocycles. The SMILES string of the molecule is O=C(CSCCOC(=O)Cc1ccccc1)NCC=CCOc1cc(CN2CCCCC2)ccn1. The van der Waals surface area contributed by atoms with Crippen molar-refractivity contribution in [3.8, 4) is 5.88 Å². The number of likely N-dealkylation sites (tertiary alicyclic amines) is 1. The third kappa shape index (κ3) is 11.4. The molecule has 1 fully saturated rings. The average molecular weight is 498 g/mol. The molecule has 0 bridgehead atoms. The lowest BCUT2D eigenvalue weighted by Gasteiger charge is -2.26. The smallest absolute Gasteiger partial charge is 0.310 e. The van der Waals surface area contributed by atoms with E-state index in [-0.39, 0.29) is 18.3 Å². The van der Waals surface area contributed by atoms with Crippen LogP contribution in [0.1, 0.15) is 30.4 Å². The molecule has 2 aromatic rings. The third-order valence-electron chi connectivity index (χ3n) is 5.48. The highest BCUT2D eigenvalue weighted by atomic mass is 32.2. The normalized spacial score (nSPS) is 14.1. The van der Waals surface area contributed by atoms with Crippen LogP contribution in [0.3, 0.4) is 0 Å². The number of rotatable bonds is 14. The summed E-state index contributed by atoms with van der Waals surface area (Å²) in [7, 11) is 0. The van der Waals surface area contributed by atoms with Crippen molar-refractivity contribution in [1.29, 1.82) is 0 Å². The van der Waals surface area contributed by atoms with Gasteiger partial charge in [0.05, 0.1) is 12.2 Å². The fourth-order valence-electron chi connectivity index (χ4n) is 3.70. The Bertz CT molecular complexity index is 933. The van der Waals surface area contributed by atoms with Crippen molar-refractivity contribution in [1.82, 2.24) is 15.2 Å². The fourth-order valence-corrected chi connectivity index (χ4v) is 4.34. The topological polar surface area (TPSA) is 80.8 Å². The van der Waals surface area contributed by atoms with Gasteiger partial charge in [-0.2, -0.15) is 0 Å². The average Bonchev–Trinajstić information content (AvgIpc) is 2.87. The van der Waals surface area contributed by atoms with E-state index in [2.05, 4.69) is 15.2 Å². The largest absolute Gasteiger partial charge is 0.473 e. The number of carbonyl (C=O) groups is 2. The number of aromatic nitrogens is 1. The maximum atomic E-state index is 11.9.